The summed E-state index contributed by atoms with van der Waals surface area (Å²) in [7, 11) is 0. The zero-order chi connectivity index (χ0) is 12.1. The molecule has 1 aromatic rings. The molecule has 0 bridgehead atoms. The van der Waals surface area contributed by atoms with Crippen LogP contribution in [0.25, 0.3) is 0 Å². The van der Waals surface area contributed by atoms with E-state index in [1.165, 1.54) is 0 Å². The molecule has 16 heavy (non-hydrogen) atoms. The van der Waals surface area contributed by atoms with Gasteiger partial charge in [-0.3, -0.25) is 14.7 Å². The van der Waals surface area contributed by atoms with Gasteiger partial charge in [-0.15, -0.1) is 0 Å². The number of hydrogen-bond acceptors (Lipinski definition) is 3. The maximum Gasteiger partial charge on any atom is 0.317 e. The van der Waals surface area contributed by atoms with Crippen LogP contribution in [0.3, 0.4) is 0 Å². The van der Waals surface area contributed by atoms with Crippen LogP contribution in [-0.2, 0) is 11.3 Å². The molecule has 1 N–H and O–H groups in total. The SMILES string of the molecule is CC(C)N(CC(=O)O)Cc1ccncc1Cl. The largest absolute Gasteiger partial charge is 0.480 e. The summed E-state index contributed by atoms with van der Waals surface area (Å²) in [6, 6.07) is 1.96. The molecule has 0 spiro atoms. The Labute approximate surface area is 99.9 Å². The van der Waals surface area contributed by atoms with E-state index in [0.717, 1.165) is 5.56 Å². The third-order valence-corrected chi connectivity index (χ3v) is 2.64. The van der Waals surface area contributed by atoms with Crippen LogP contribution in [0.1, 0.15) is 19.4 Å². The molecule has 1 aromatic heterocycles. The van der Waals surface area contributed by atoms with Crippen LogP contribution >= 0.6 is 11.6 Å². The Bertz CT molecular complexity index is 369. The van der Waals surface area contributed by atoms with Crippen molar-refractivity contribution >= 4 is 17.6 Å². The first kappa shape index (κ1) is 12.9. The fourth-order valence-corrected chi connectivity index (χ4v) is 1.52. The van der Waals surface area contributed by atoms with E-state index in [1.807, 2.05) is 18.7 Å². The number of aliphatic carboxylic acids is 1. The number of nitrogens with zero attached hydrogens (tertiary/aromatic N) is 2. The summed E-state index contributed by atoms with van der Waals surface area (Å²) in [6.07, 6.45) is 3.22. The molecule has 0 unspecified atom stereocenters. The van der Waals surface area contributed by atoms with Gasteiger partial charge in [-0.05, 0) is 25.5 Å². The first-order valence-corrected chi connectivity index (χ1v) is 5.42. The normalized spacial score (nSPS) is 11.1. The van der Waals surface area contributed by atoms with Gasteiger partial charge in [-0.1, -0.05) is 11.6 Å². The molecule has 1 heterocycles. The minimum atomic E-state index is -0.834. The van der Waals surface area contributed by atoms with E-state index in [9.17, 15) is 4.79 Å². The second kappa shape index (κ2) is 5.82. The van der Waals surface area contributed by atoms with Gasteiger partial charge in [0.2, 0.25) is 0 Å². The highest BCUT2D eigenvalue weighted by Gasteiger charge is 2.14. The molecule has 0 saturated carbocycles. The van der Waals surface area contributed by atoms with E-state index in [2.05, 4.69) is 4.98 Å². The van der Waals surface area contributed by atoms with E-state index in [0.29, 0.717) is 11.6 Å². The monoisotopic (exact) mass is 242 g/mol. The molecule has 0 fully saturated rings. The smallest absolute Gasteiger partial charge is 0.317 e. The molecule has 0 saturated heterocycles. The van der Waals surface area contributed by atoms with Gasteiger partial charge < -0.3 is 5.11 Å². The Balaban J connectivity index is 2.76. The summed E-state index contributed by atoms with van der Waals surface area (Å²) in [5.41, 5.74) is 0.895. The molecule has 1 rings (SSSR count). The van der Waals surface area contributed by atoms with Crippen molar-refractivity contribution in [2.75, 3.05) is 6.54 Å². The summed E-state index contributed by atoms with van der Waals surface area (Å²) >= 11 is 5.97. The maximum absolute atomic E-state index is 10.7. The summed E-state index contributed by atoms with van der Waals surface area (Å²) < 4.78 is 0. The molecule has 0 atom stereocenters. The Morgan fingerprint density at radius 2 is 2.31 bits per heavy atom. The van der Waals surface area contributed by atoms with Gasteiger partial charge in [0.25, 0.3) is 0 Å². The molecule has 0 aliphatic rings. The highest BCUT2D eigenvalue weighted by molar-refractivity contribution is 6.31. The number of hydrogen-bond donors (Lipinski definition) is 1. The molecule has 5 heteroatoms. The third kappa shape index (κ3) is 3.79. The molecule has 4 nitrogen and oxygen atoms in total. The van der Waals surface area contributed by atoms with Crippen LogP contribution in [0.15, 0.2) is 18.5 Å². The van der Waals surface area contributed by atoms with Crippen LogP contribution < -0.4 is 0 Å². The Morgan fingerprint density at radius 1 is 1.62 bits per heavy atom. The fraction of sp³-hybridized carbons (Fsp3) is 0.455. The fourth-order valence-electron chi connectivity index (χ4n) is 1.35. The van der Waals surface area contributed by atoms with Crippen LogP contribution in [0.5, 0.6) is 0 Å². The van der Waals surface area contributed by atoms with Crippen LogP contribution in [0, 0.1) is 0 Å². The number of carbonyl (C=O) groups is 1. The lowest BCUT2D eigenvalue weighted by molar-refractivity contribution is -0.138. The minimum Gasteiger partial charge on any atom is -0.480 e. The van der Waals surface area contributed by atoms with Gasteiger partial charge in [0.05, 0.1) is 11.6 Å². The Kier molecular flexibility index (Phi) is 4.71. The lowest BCUT2D eigenvalue weighted by Crippen LogP contribution is -2.35. The van der Waals surface area contributed by atoms with E-state index in [4.69, 9.17) is 16.7 Å². The van der Waals surface area contributed by atoms with E-state index in [-0.39, 0.29) is 12.6 Å². The van der Waals surface area contributed by atoms with Crippen LogP contribution in [-0.4, -0.2) is 33.5 Å². The van der Waals surface area contributed by atoms with E-state index in [1.54, 1.807) is 18.5 Å². The van der Waals surface area contributed by atoms with Crippen LogP contribution in [0.2, 0.25) is 5.02 Å². The maximum atomic E-state index is 10.7. The lowest BCUT2D eigenvalue weighted by Gasteiger charge is -2.24. The summed E-state index contributed by atoms with van der Waals surface area (Å²) in [6.45, 7) is 4.44. The van der Waals surface area contributed by atoms with Crippen molar-refractivity contribution in [2.45, 2.75) is 26.4 Å². The first-order valence-electron chi connectivity index (χ1n) is 5.05. The topological polar surface area (TPSA) is 53.4 Å². The summed E-state index contributed by atoms with van der Waals surface area (Å²) in [5.74, 6) is -0.834. The number of rotatable bonds is 5. The molecule has 0 aliphatic heterocycles. The van der Waals surface area contributed by atoms with Crippen molar-refractivity contribution in [2.24, 2.45) is 0 Å². The Morgan fingerprint density at radius 3 is 2.81 bits per heavy atom. The quantitative estimate of drug-likeness (QED) is 0.859. The molecule has 88 valence electrons. The zero-order valence-corrected chi connectivity index (χ0v) is 10.1. The van der Waals surface area contributed by atoms with Crippen molar-refractivity contribution in [3.05, 3.63) is 29.0 Å². The molecule has 0 amide bonds. The minimum absolute atomic E-state index is 0.0102. The average molecular weight is 243 g/mol. The highest BCUT2D eigenvalue weighted by Crippen LogP contribution is 2.16. The molecular weight excluding hydrogens is 228 g/mol. The molecular formula is C11H15ClN2O2. The molecule has 0 aliphatic carbocycles. The van der Waals surface area contributed by atoms with Gasteiger partial charge in [-0.25, -0.2) is 0 Å². The van der Waals surface area contributed by atoms with Gasteiger partial charge in [0, 0.05) is 25.0 Å². The van der Waals surface area contributed by atoms with Crippen molar-refractivity contribution < 1.29 is 9.90 Å². The summed E-state index contributed by atoms with van der Waals surface area (Å²) in [5, 5.41) is 9.36. The van der Waals surface area contributed by atoms with Crippen LogP contribution in [0.4, 0.5) is 0 Å². The average Bonchev–Trinajstić information content (AvgIpc) is 2.19. The van der Waals surface area contributed by atoms with E-state index < -0.39 is 5.97 Å². The van der Waals surface area contributed by atoms with Gasteiger partial charge >= 0.3 is 5.97 Å². The van der Waals surface area contributed by atoms with Gasteiger partial charge in [0.1, 0.15) is 0 Å². The first-order chi connectivity index (χ1) is 7.50. The zero-order valence-electron chi connectivity index (χ0n) is 9.35. The third-order valence-electron chi connectivity index (χ3n) is 2.30. The second-order valence-electron chi connectivity index (χ2n) is 3.86. The van der Waals surface area contributed by atoms with Gasteiger partial charge in [-0.2, -0.15) is 0 Å². The predicted octanol–water partition coefficient (Wildman–Crippen LogP) is 2.03. The standard InChI is InChI=1S/C11H15ClN2O2/c1-8(2)14(7-11(15)16)6-9-3-4-13-5-10(9)12/h3-5,8H,6-7H2,1-2H3,(H,15,16). The number of pyridine rings is 1. The number of halogens is 1. The van der Waals surface area contributed by atoms with Crippen molar-refractivity contribution in [3.8, 4) is 0 Å². The Hall–Kier alpha value is -1.13. The number of carboxylic acid groups (broad SMARTS) is 1. The van der Waals surface area contributed by atoms with Crippen molar-refractivity contribution in [1.82, 2.24) is 9.88 Å². The van der Waals surface area contributed by atoms with Crippen molar-refractivity contribution in [1.29, 1.82) is 0 Å². The predicted molar refractivity (Wildman–Crippen MR) is 62.4 cm³/mol. The lowest BCUT2D eigenvalue weighted by atomic mass is 10.2. The van der Waals surface area contributed by atoms with Gasteiger partial charge in [0.15, 0.2) is 0 Å². The molecule has 0 radical (unpaired) electrons. The number of carboxylic acids is 1. The molecule has 0 aromatic carbocycles. The van der Waals surface area contributed by atoms with Crippen molar-refractivity contribution in [3.63, 3.8) is 0 Å². The highest BCUT2D eigenvalue weighted by atomic mass is 35.5. The second-order valence-corrected chi connectivity index (χ2v) is 4.27. The summed E-state index contributed by atoms with van der Waals surface area (Å²) in [4.78, 5) is 16.4. The van der Waals surface area contributed by atoms with E-state index >= 15 is 0 Å². The number of aromatic nitrogens is 1.